The molecule has 4 heteroatoms. The summed E-state index contributed by atoms with van der Waals surface area (Å²) >= 11 is 0. The Bertz CT molecular complexity index is 817. The quantitative estimate of drug-likeness (QED) is 0.758. The molecule has 0 spiro atoms. The summed E-state index contributed by atoms with van der Waals surface area (Å²) in [6.45, 7) is 0.909. The van der Waals surface area contributed by atoms with Gasteiger partial charge in [-0.3, -0.25) is 4.79 Å². The van der Waals surface area contributed by atoms with Crippen molar-refractivity contribution in [1.82, 2.24) is 4.90 Å². The average molecular weight is 363 g/mol. The van der Waals surface area contributed by atoms with E-state index in [1.807, 2.05) is 36.4 Å². The van der Waals surface area contributed by atoms with Gasteiger partial charge < -0.3 is 9.64 Å². The summed E-state index contributed by atoms with van der Waals surface area (Å²) in [4.78, 5) is 27.2. The van der Waals surface area contributed by atoms with Crippen molar-refractivity contribution in [2.45, 2.75) is 50.7 Å². The van der Waals surface area contributed by atoms with Crippen LogP contribution in [0.5, 0.6) is 0 Å². The number of amides is 1. The first-order valence-electron chi connectivity index (χ1n) is 9.80. The van der Waals surface area contributed by atoms with Crippen molar-refractivity contribution in [2.24, 2.45) is 0 Å². The van der Waals surface area contributed by atoms with Crippen molar-refractivity contribution in [3.8, 4) is 0 Å². The monoisotopic (exact) mass is 363 g/mol. The minimum Gasteiger partial charge on any atom is -0.459 e. The van der Waals surface area contributed by atoms with E-state index >= 15 is 0 Å². The van der Waals surface area contributed by atoms with E-state index < -0.39 is 6.04 Å². The highest BCUT2D eigenvalue weighted by atomic mass is 16.5. The molecule has 0 N–H and O–H groups in total. The lowest BCUT2D eigenvalue weighted by Gasteiger charge is -2.25. The lowest BCUT2D eigenvalue weighted by molar-refractivity contribution is -0.154. The predicted octanol–water partition coefficient (Wildman–Crippen LogP) is 3.84. The highest BCUT2D eigenvalue weighted by molar-refractivity contribution is 5.85. The van der Waals surface area contributed by atoms with Crippen LogP contribution in [0.3, 0.4) is 0 Å². The summed E-state index contributed by atoms with van der Waals surface area (Å²) in [6, 6.07) is 17.6. The molecule has 1 fully saturated rings. The molecular formula is C23H25NO3. The van der Waals surface area contributed by atoms with Crippen LogP contribution in [0, 0.1) is 0 Å². The molecule has 2 atom stereocenters. The minimum atomic E-state index is -0.433. The molecule has 4 rings (SSSR count). The molecule has 140 valence electrons. The molecule has 1 amide bonds. The van der Waals surface area contributed by atoms with Crippen LogP contribution in [0.15, 0.2) is 54.6 Å². The molecule has 1 saturated heterocycles. The summed E-state index contributed by atoms with van der Waals surface area (Å²) in [5, 5.41) is 0. The second kappa shape index (κ2) is 7.95. The van der Waals surface area contributed by atoms with Gasteiger partial charge in [0.05, 0.1) is 0 Å². The lowest BCUT2D eigenvalue weighted by Crippen LogP contribution is -2.41. The molecule has 0 radical (unpaired) electrons. The molecular weight excluding hydrogens is 338 g/mol. The van der Waals surface area contributed by atoms with Crippen LogP contribution >= 0.6 is 0 Å². The van der Waals surface area contributed by atoms with Gasteiger partial charge in [-0.15, -0.1) is 0 Å². The van der Waals surface area contributed by atoms with E-state index in [9.17, 15) is 9.59 Å². The van der Waals surface area contributed by atoms with Gasteiger partial charge in [0.1, 0.15) is 12.6 Å². The third kappa shape index (κ3) is 3.90. The Balaban J connectivity index is 1.36. The molecule has 2 aromatic rings. The number of rotatable bonds is 5. The maximum Gasteiger partial charge on any atom is 0.329 e. The molecule has 27 heavy (non-hydrogen) atoms. The van der Waals surface area contributed by atoms with Gasteiger partial charge in [0, 0.05) is 13.0 Å². The average Bonchev–Trinajstić information content (AvgIpc) is 3.35. The van der Waals surface area contributed by atoms with Gasteiger partial charge >= 0.3 is 5.97 Å². The maximum atomic E-state index is 12.9. The molecule has 1 aliphatic heterocycles. The normalized spacial score (nSPS) is 21.1. The van der Waals surface area contributed by atoms with Crippen LogP contribution in [0.1, 0.15) is 48.3 Å². The van der Waals surface area contributed by atoms with Crippen molar-refractivity contribution >= 4 is 11.9 Å². The van der Waals surface area contributed by atoms with Crippen molar-refractivity contribution in [3.63, 3.8) is 0 Å². The smallest absolute Gasteiger partial charge is 0.329 e. The summed E-state index contributed by atoms with van der Waals surface area (Å²) in [5.41, 5.74) is 3.62. The Morgan fingerprint density at radius 1 is 1.00 bits per heavy atom. The molecule has 4 nitrogen and oxygen atoms in total. The number of likely N-dealkylation sites (tertiary alicyclic amines) is 1. The molecule has 1 heterocycles. The fraction of sp³-hybridized carbons (Fsp3) is 0.391. The minimum absolute atomic E-state index is 0.0795. The largest absolute Gasteiger partial charge is 0.459 e. The van der Waals surface area contributed by atoms with Crippen LogP contribution < -0.4 is 0 Å². The van der Waals surface area contributed by atoms with Gasteiger partial charge in [0.25, 0.3) is 0 Å². The van der Waals surface area contributed by atoms with Gasteiger partial charge in [-0.1, -0.05) is 54.6 Å². The zero-order valence-corrected chi connectivity index (χ0v) is 15.5. The molecule has 0 saturated carbocycles. The standard InChI is InChI=1S/C23H25NO3/c25-22(15-19-13-12-18-9-4-5-10-20(18)19)24-14-6-11-21(24)23(26)27-16-17-7-2-1-3-8-17/h1-5,7-10,19,21H,6,11-16H2. The second-order valence-electron chi connectivity index (χ2n) is 7.48. The summed E-state index contributed by atoms with van der Waals surface area (Å²) in [6.07, 6.45) is 4.09. The van der Waals surface area contributed by atoms with Gasteiger partial charge in [0.15, 0.2) is 0 Å². The number of carbonyl (C=O) groups excluding carboxylic acids is 2. The Hall–Kier alpha value is -2.62. The molecule has 0 aromatic heterocycles. The van der Waals surface area contributed by atoms with Gasteiger partial charge in [-0.2, -0.15) is 0 Å². The van der Waals surface area contributed by atoms with Gasteiger partial charge in [-0.25, -0.2) is 4.79 Å². The van der Waals surface area contributed by atoms with E-state index in [0.29, 0.717) is 19.4 Å². The van der Waals surface area contributed by atoms with Crippen LogP contribution in [0.25, 0.3) is 0 Å². The number of esters is 1. The van der Waals surface area contributed by atoms with Gasteiger partial charge in [0.2, 0.25) is 5.91 Å². The Labute approximate surface area is 160 Å². The van der Waals surface area contributed by atoms with E-state index in [-0.39, 0.29) is 24.4 Å². The number of hydrogen-bond acceptors (Lipinski definition) is 3. The number of aryl methyl sites for hydroxylation is 1. The first-order valence-corrected chi connectivity index (χ1v) is 9.80. The number of hydrogen-bond donors (Lipinski definition) is 0. The third-order valence-corrected chi connectivity index (χ3v) is 5.75. The zero-order valence-electron chi connectivity index (χ0n) is 15.5. The number of benzene rings is 2. The van der Waals surface area contributed by atoms with Crippen molar-refractivity contribution in [1.29, 1.82) is 0 Å². The molecule has 0 bridgehead atoms. The summed E-state index contributed by atoms with van der Waals surface area (Å²) < 4.78 is 5.49. The zero-order chi connectivity index (χ0) is 18.6. The second-order valence-corrected chi connectivity index (χ2v) is 7.48. The number of fused-ring (bicyclic) bond motifs is 1. The van der Waals surface area contributed by atoms with Crippen LogP contribution in [-0.4, -0.2) is 29.4 Å². The fourth-order valence-corrected chi connectivity index (χ4v) is 4.32. The highest BCUT2D eigenvalue weighted by Crippen LogP contribution is 2.36. The van der Waals surface area contributed by atoms with E-state index in [1.54, 1.807) is 4.90 Å². The Morgan fingerprint density at radius 3 is 2.63 bits per heavy atom. The van der Waals surface area contributed by atoms with E-state index in [0.717, 1.165) is 24.8 Å². The molecule has 2 aromatic carbocycles. The first kappa shape index (κ1) is 17.8. The lowest BCUT2D eigenvalue weighted by atomic mass is 9.97. The SMILES string of the molecule is O=C(OCc1ccccc1)C1CCCN1C(=O)CC1CCc2ccccc21. The fourth-order valence-electron chi connectivity index (χ4n) is 4.32. The maximum absolute atomic E-state index is 12.9. The molecule has 2 unspecified atom stereocenters. The summed E-state index contributed by atoms with van der Waals surface area (Å²) in [7, 11) is 0. The van der Waals surface area contributed by atoms with Crippen molar-refractivity contribution < 1.29 is 14.3 Å². The van der Waals surface area contributed by atoms with E-state index in [2.05, 4.69) is 18.2 Å². The van der Waals surface area contributed by atoms with Crippen LogP contribution in [0.4, 0.5) is 0 Å². The van der Waals surface area contributed by atoms with Crippen LogP contribution in [0.2, 0.25) is 0 Å². The van der Waals surface area contributed by atoms with E-state index in [1.165, 1.54) is 11.1 Å². The highest BCUT2D eigenvalue weighted by Gasteiger charge is 2.36. The Morgan fingerprint density at radius 2 is 1.78 bits per heavy atom. The Kier molecular flexibility index (Phi) is 5.23. The van der Waals surface area contributed by atoms with Crippen molar-refractivity contribution in [2.75, 3.05) is 6.54 Å². The summed E-state index contributed by atoms with van der Waals surface area (Å²) in [5.74, 6) is 0.0719. The number of nitrogens with zero attached hydrogens (tertiary/aromatic N) is 1. The third-order valence-electron chi connectivity index (χ3n) is 5.75. The topological polar surface area (TPSA) is 46.6 Å². The van der Waals surface area contributed by atoms with Crippen LogP contribution in [-0.2, 0) is 27.4 Å². The van der Waals surface area contributed by atoms with Gasteiger partial charge in [-0.05, 0) is 48.3 Å². The first-order chi connectivity index (χ1) is 13.2. The predicted molar refractivity (Wildman–Crippen MR) is 103 cm³/mol. The van der Waals surface area contributed by atoms with E-state index in [4.69, 9.17) is 4.74 Å². The molecule has 1 aliphatic carbocycles. The molecule has 2 aliphatic rings. The number of ether oxygens (including phenoxy) is 1. The van der Waals surface area contributed by atoms with Crippen molar-refractivity contribution in [3.05, 3.63) is 71.3 Å². The number of carbonyl (C=O) groups is 2.